The number of allylic oxidation sites excluding steroid dienone is 1. The van der Waals surface area contributed by atoms with Gasteiger partial charge in [0.1, 0.15) is 12.4 Å². The highest BCUT2D eigenvalue weighted by Crippen LogP contribution is 2.35. The molecular formula is C24H29N5O2. The molecule has 0 bridgehead atoms. The molecule has 1 aliphatic rings. The molecule has 4 rings (SSSR count). The molecule has 0 radical (unpaired) electrons. The number of nitrogens with two attached hydrogens (primary N) is 1. The van der Waals surface area contributed by atoms with Gasteiger partial charge < -0.3 is 26.2 Å². The van der Waals surface area contributed by atoms with Crippen LogP contribution in [0.25, 0.3) is 16.8 Å². The maximum absolute atomic E-state index is 9.02. The molecule has 0 aliphatic carbocycles. The van der Waals surface area contributed by atoms with E-state index in [4.69, 9.17) is 15.6 Å². The van der Waals surface area contributed by atoms with Crippen molar-refractivity contribution in [3.05, 3.63) is 71.7 Å². The highest BCUT2D eigenvalue weighted by atomic mass is 16.5. The van der Waals surface area contributed by atoms with Crippen molar-refractivity contribution in [2.75, 3.05) is 25.1 Å². The predicted octanol–water partition coefficient (Wildman–Crippen LogP) is 3.25. The van der Waals surface area contributed by atoms with Crippen LogP contribution >= 0.6 is 0 Å². The van der Waals surface area contributed by atoms with Gasteiger partial charge in [0.2, 0.25) is 0 Å². The third kappa shape index (κ3) is 4.67. The van der Waals surface area contributed by atoms with Crippen LogP contribution in [0.5, 0.6) is 5.75 Å². The van der Waals surface area contributed by atoms with Crippen LogP contribution < -0.4 is 21.1 Å². The van der Waals surface area contributed by atoms with Crippen molar-refractivity contribution in [3.63, 3.8) is 0 Å². The number of aliphatic hydroxyl groups is 1. The van der Waals surface area contributed by atoms with Crippen LogP contribution in [0.2, 0.25) is 0 Å². The Balaban J connectivity index is 1.72. The minimum Gasteiger partial charge on any atom is -0.491 e. The third-order valence-corrected chi connectivity index (χ3v) is 5.40. The van der Waals surface area contributed by atoms with E-state index in [0.29, 0.717) is 0 Å². The van der Waals surface area contributed by atoms with Gasteiger partial charge in [0, 0.05) is 48.4 Å². The minimum absolute atomic E-state index is 0.00992. The van der Waals surface area contributed by atoms with Crippen molar-refractivity contribution in [2.45, 2.75) is 19.4 Å². The molecule has 0 spiro atoms. The Hall–Kier alpha value is -3.45. The van der Waals surface area contributed by atoms with Gasteiger partial charge in [0.15, 0.2) is 0 Å². The van der Waals surface area contributed by atoms with Gasteiger partial charge in [-0.15, -0.1) is 0 Å². The van der Waals surface area contributed by atoms with Crippen molar-refractivity contribution >= 4 is 11.4 Å². The number of fused-ring (bicyclic) bond motifs is 1. The molecule has 0 amide bonds. The summed E-state index contributed by atoms with van der Waals surface area (Å²) in [6.45, 7) is 3.00. The monoisotopic (exact) mass is 419 g/mol. The quantitative estimate of drug-likeness (QED) is 0.490. The number of aromatic nitrogens is 2. The second-order valence-corrected chi connectivity index (χ2v) is 7.77. The summed E-state index contributed by atoms with van der Waals surface area (Å²) in [5, 5.41) is 20.5. The molecule has 0 fully saturated rings. The first-order valence-electron chi connectivity index (χ1n) is 10.5. The van der Waals surface area contributed by atoms with Crippen molar-refractivity contribution < 1.29 is 9.84 Å². The molecule has 0 saturated heterocycles. The van der Waals surface area contributed by atoms with Crippen LogP contribution in [0, 0.1) is 0 Å². The van der Waals surface area contributed by atoms with Gasteiger partial charge in [-0.25, -0.2) is 0 Å². The fourth-order valence-electron chi connectivity index (χ4n) is 3.96. The Morgan fingerprint density at radius 3 is 2.90 bits per heavy atom. The number of hydrogen-bond donors (Lipinski definition) is 4. The van der Waals surface area contributed by atoms with E-state index in [1.54, 1.807) is 0 Å². The van der Waals surface area contributed by atoms with E-state index < -0.39 is 0 Å². The van der Waals surface area contributed by atoms with E-state index in [1.165, 1.54) is 5.56 Å². The number of nitrogens with zero attached hydrogens (tertiary/aromatic N) is 2. The van der Waals surface area contributed by atoms with E-state index in [9.17, 15) is 0 Å². The van der Waals surface area contributed by atoms with E-state index in [-0.39, 0.29) is 19.3 Å². The van der Waals surface area contributed by atoms with Gasteiger partial charge in [-0.3, -0.25) is 4.68 Å². The lowest BCUT2D eigenvalue weighted by molar-refractivity contribution is 0.201. The number of anilines is 1. The number of benzene rings is 2. The maximum atomic E-state index is 9.02. The molecular weight excluding hydrogens is 390 g/mol. The minimum atomic E-state index is -0.00992. The van der Waals surface area contributed by atoms with Crippen LogP contribution in [0.1, 0.15) is 30.5 Å². The molecule has 7 nitrogen and oxygen atoms in total. The summed E-state index contributed by atoms with van der Waals surface area (Å²) >= 11 is 0. The molecule has 2 heterocycles. The van der Waals surface area contributed by atoms with Crippen LogP contribution in [0.3, 0.4) is 0 Å². The summed E-state index contributed by atoms with van der Waals surface area (Å²) < 4.78 is 7.38. The van der Waals surface area contributed by atoms with Crippen LogP contribution in [-0.4, -0.2) is 34.6 Å². The predicted molar refractivity (Wildman–Crippen MR) is 123 cm³/mol. The zero-order valence-electron chi connectivity index (χ0n) is 17.9. The Morgan fingerprint density at radius 2 is 2.16 bits per heavy atom. The molecule has 162 valence electrons. The summed E-state index contributed by atoms with van der Waals surface area (Å²) in [6, 6.07) is 14.4. The molecule has 7 heteroatoms. The standard InChI is InChI=1S/C24H29N5O2/c1-16(25)24-21-7-6-17(18-14-27-29(2)15-18)12-22(21)23(8-9-26-24)28-19-4-3-5-20(13-19)31-11-10-30/h3-7,12-15,23,26,28,30H,8-11,25H2,1-2H3/b24-16-. The number of ether oxygens (including phenoxy) is 1. The Labute approximate surface area is 182 Å². The summed E-state index contributed by atoms with van der Waals surface area (Å²) in [4.78, 5) is 0. The second-order valence-electron chi connectivity index (χ2n) is 7.77. The van der Waals surface area contributed by atoms with Gasteiger partial charge >= 0.3 is 0 Å². The molecule has 1 atom stereocenters. The van der Waals surface area contributed by atoms with Gasteiger partial charge in [-0.05, 0) is 42.7 Å². The van der Waals surface area contributed by atoms with E-state index in [0.717, 1.165) is 52.5 Å². The van der Waals surface area contributed by atoms with Gasteiger partial charge in [-0.1, -0.05) is 18.2 Å². The molecule has 3 aromatic rings. The van der Waals surface area contributed by atoms with Crippen molar-refractivity contribution in [1.29, 1.82) is 0 Å². The first-order valence-corrected chi connectivity index (χ1v) is 10.5. The largest absolute Gasteiger partial charge is 0.491 e. The molecule has 5 N–H and O–H groups in total. The van der Waals surface area contributed by atoms with Gasteiger partial charge in [0.05, 0.1) is 24.5 Å². The summed E-state index contributed by atoms with van der Waals surface area (Å²) in [5.74, 6) is 0.730. The van der Waals surface area contributed by atoms with Crippen molar-refractivity contribution in [2.24, 2.45) is 12.8 Å². The van der Waals surface area contributed by atoms with Crippen LogP contribution in [0.15, 0.2) is 60.6 Å². The molecule has 31 heavy (non-hydrogen) atoms. The van der Waals surface area contributed by atoms with Crippen molar-refractivity contribution in [3.8, 4) is 16.9 Å². The Bertz CT molecular complexity index is 1090. The summed E-state index contributed by atoms with van der Waals surface area (Å²) in [5.41, 5.74) is 13.4. The lowest BCUT2D eigenvalue weighted by atomic mass is 9.93. The lowest BCUT2D eigenvalue weighted by Crippen LogP contribution is -2.16. The first kappa shape index (κ1) is 20.8. The summed E-state index contributed by atoms with van der Waals surface area (Å²) in [6.07, 6.45) is 4.79. The SMILES string of the molecule is C/C(N)=C1/NCCC(Nc2cccc(OCCO)c2)c2cc(-c3cnn(C)c3)ccc21. The first-order chi connectivity index (χ1) is 15.0. The van der Waals surface area contributed by atoms with Gasteiger partial charge in [-0.2, -0.15) is 5.10 Å². The van der Waals surface area contributed by atoms with Gasteiger partial charge in [0.25, 0.3) is 0 Å². The van der Waals surface area contributed by atoms with Crippen LogP contribution in [-0.2, 0) is 7.05 Å². The third-order valence-electron chi connectivity index (χ3n) is 5.40. The number of nitrogens with one attached hydrogen (secondary N) is 2. The molecule has 0 saturated carbocycles. The molecule has 1 aliphatic heterocycles. The topological polar surface area (TPSA) is 97.4 Å². The highest BCUT2D eigenvalue weighted by Gasteiger charge is 2.23. The summed E-state index contributed by atoms with van der Waals surface area (Å²) in [7, 11) is 1.92. The number of rotatable bonds is 6. The van der Waals surface area contributed by atoms with Crippen LogP contribution in [0.4, 0.5) is 5.69 Å². The highest BCUT2D eigenvalue weighted by molar-refractivity contribution is 5.75. The average molecular weight is 420 g/mol. The Morgan fingerprint density at radius 1 is 1.29 bits per heavy atom. The molecule has 1 aromatic heterocycles. The number of aryl methyl sites for hydroxylation is 1. The molecule has 2 aromatic carbocycles. The second kappa shape index (κ2) is 9.14. The fourth-order valence-corrected chi connectivity index (χ4v) is 3.96. The zero-order valence-corrected chi connectivity index (χ0v) is 17.9. The molecule has 1 unspecified atom stereocenters. The zero-order chi connectivity index (χ0) is 21.8. The normalized spacial score (nSPS) is 17.3. The van der Waals surface area contributed by atoms with Crippen molar-refractivity contribution in [1.82, 2.24) is 15.1 Å². The Kier molecular flexibility index (Phi) is 6.13. The average Bonchev–Trinajstić information content (AvgIpc) is 3.12. The maximum Gasteiger partial charge on any atom is 0.121 e. The van der Waals surface area contributed by atoms with E-state index in [1.807, 2.05) is 55.3 Å². The van der Waals surface area contributed by atoms with E-state index in [2.05, 4.69) is 33.9 Å². The smallest absolute Gasteiger partial charge is 0.121 e. The number of hydrogen-bond acceptors (Lipinski definition) is 6. The number of aliphatic hydroxyl groups excluding tert-OH is 1. The van der Waals surface area contributed by atoms with E-state index >= 15 is 0 Å². The lowest BCUT2D eigenvalue weighted by Gasteiger charge is -2.22. The fraction of sp³-hybridized carbons (Fsp3) is 0.292.